The summed E-state index contributed by atoms with van der Waals surface area (Å²) in [6.07, 6.45) is 5.41. The average Bonchev–Trinajstić information content (AvgIpc) is 2.55. The molecule has 2 rings (SSSR count). The van der Waals surface area contributed by atoms with Gasteiger partial charge >= 0.3 is 0 Å². The first-order valence-electron chi connectivity index (χ1n) is 6.06. The molecular formula is C13H17Cl2NO. The lowest BCUT2D eigenvalue weighted by atomic mass is 10.1. The molecule has 0 bridgehead atoms. The van der Waals surface area contributed by atoms with Gasteiger partial charge in [-0.05, 0) is 48.9 Å². The van der Waals surface area contributed by atoms with Crippen LogP contribution in [0.4, 0.5) is 0 Å². The van der Waals surface area contributed by atoms with Gasteiger partial charge in [0.15, 0.2) is 0 Å². The number of halogens is 2. The number of carbonyl (C=O) groups is 1. The normalized spacial score (nSPS) is 14.1. The van der Waals surface area contributed by atoms with Crippen molar-refractivity contribution in [2.45, 2.75) is 46.0 Å². The van der Waals surface area contributed by atoms with Crippen LogP contribution in [0.3, 0.4) is 0 Å². The smallest absolute Gasteiger partial charge is 0.255 e. The van der Waals surface area contributed by atoms with Gasteiger partial charge in [-0.25, -0.2) is 4.98 Å². The fourth-order valence-electron chi connectivity index (χ4n) is 1.92. The monoisotopic (exact) mass is 273 g/mol. The number of hydrogen-bond donors (Lipinski definition) is 0. The van der Waals surface area contributed by atoms with Crippen molar-refractivity contribution in [2.75, 3.05) is 0 Å². The number of fused-ring (bicyclic) bond motifs is 1. The summed E-state index contributed by atoms with van der Waals surface area (Å²) in [6.45, 7) is 4.00. The third kappa shape index (κ3) is 3.68. The van der Waals surface area contributed by atoms with E-state index >= 15 is 0 Å². The quantitative estimate of drug-likeness (QED) is 0.431. The van der Waals surface area contributed by atoms with Crippen molar-refractivity contribution in [1.82, 2.24) is 4.98 Å². The number of rotatable bonds is 1. The van der Waals surface area contributed by atoms with E-state index in [9.17, 15) is 4.79 Å². The van der Waals surface area contributed by atoms with E-state index < -0.39 is 5.24 Å². The van der Waals surface area contributed by atoms with Crippen molar-refractivity contribution < 1.29 is 4.79 Å². The highest BCUT2D eigenvalue weighted by molar-refractivity contribution is 6.68. The van der Waals surface area contributed by atoms with E-state index in [0.717, 1.165) is 36.9 Å². The molecule has 1 aliphatic carbocycles. The maximum Gasteiger partial charge on any atom is 0.255 e. The Balaban J connectivity index is 0.000000686. The van der Waals surface area contributed by atoms with Gasteiger partial charge in [0.05, 0.1) is 5.56 Å². The Morgan fingerprint density at radius 2 is 1.88 bits per heavy atom. The molecule has 2 nitrogen and oxygen atoms in total. The highest BCUT2D eigenvalue weighted by atomic mass is 35.5. The van der Waals surface area contributed by atoms with E-state index in [1.807, 2.05) is 13.8 Å². The first-order valence-corrected chi connectivity index (χ1v) is 6.82. The summed E-state index contributed by atoms with van der Waals surface area (Å²) in [6, 6.07) is 1.80. The van der Waals surface area contributed by atoms with Crippen LogP contribution in [0, 0.1) is 0 Å². The van der Waals surface area contributed by atoms with Crippen LogP contribution in [-0.4, -0.2) is 10.2 Å². The van der Waals surface area contributed by atoms with Crippen LogP contribution in [0.5, 0.6) is 0 Å². The summed E-state index contributed by atoms with van der Waals surface area (Å²) in [5.41, 5.74) is 2.49. The number of hydrogen-bond acceptors (Lipinski definition) is 2. The number of carbonyl (C=O) groups excluding carboxylic acids is 1. The average molecular weight is 274 g/mol. The SMILES string of the molecule is CC.O=C(Cl)c1cc2c(nc1Cl)CCCCC2. The van der Waals surface area contributed by atoms with Gasteiger partial charge in [0.1, 0.15) is 5.15 Å². The molecular weight excluding hydrogens is 257 g/mol. The zero-order chi connectivity index (χ0) is 12.8. The molecule has 0 saturated carbocycles. The number of aryl methyl sites for hydroxylation is 2. The largest absolute Gasteiger partial charge is 0.275 e. The molecule has 0 spiro atoms. The van der Waals surface area contributed by atoms with Crippen molar-refractivity contribution in [1.29, 1.82) is 0 Å². The van der Waals surface area contributed by atoms with Crippen LogP contribution in [0.25, 0.3) is 0 Å². The van der Waals surface area contributed by atoms with Crippen molar-refractivity contribution in [3.05, 3.63) is 28.0 Å². The van der Waals surface area contributed by atoms with Crippen LogP contribution >= 0.6 is 23.2 Å². The predicted molar refractivity (Wildman–Crippen MR) is 72.0 cm³/mol. The fourth-order valence-corrected chi connectivity index (χ4v) is 2.36. The fraction of sp³-hybridized carbons (Fsp3) is 0.538. The maximum atomic E-state index is 11.1. The Hall–Kier alpha value is -0.600. The Kier molecular flexibility index (Phi) is 5.93. The van der Waals surface area contributed by atoms with Gasteiger partial charge < -0.3 is 0 Å². The first kappa shape index (κ1) is 14.5. The summed E-state index contributed by atoms with van der Waals surface area (Å²) in [4.78, 5) is 15.3. The Bertz CT molecular complexity index is 405. The molecule has 0 aromatic carbocycles. The summed E-state index contributed by atoms with van der Waals surface area (Å²) >= 11 is 11.3. The lowest BCUT2D eigenvalue weighted by Gasteiger charge is -2.07. The van der Waals surface area contributed by atoms with Crippen LogP contribution in [-0.2, 0) is 12.8 Å². The van der Waals surface area contributed by atoms with Crippen LogP contribution < -0.4 is 0 Å². The van der Waals surface area contributed by atoms with Crippen molar-refractivity contribution >= 4 is 28.4 Å². The number of nitrogens with zero attached hydrogens (tertiary/aromatic N) is 1. The number of pyridine rings is 1. The molecule has 17 heavy (non-hydrogen) atoms. The summed E-state index contributed by atoms with van der Waals surface area (Å²) in [5, 5.41) is -0.296. The summed E-state index contributed by atoms with van der Waals surface area (Å²) in [5.74, 6) is 0. The third-order valence-corrected chi connectivity index (χ3v) is 3.21. The molecule has 4 heteroatoms. The van der Waals surface area contributed by atoms with Gasteiger partial charge in [-0.2, -0.15) is 0 Å². The Labute approximate surface area is 112 Å². The standard InChI is InChI=1S/C11H11Cl2NO.C2H6/c12-10-8(11(13)15)6-7-4-2-1-3-5-9(7)14-10;1-2/h6H,1-5H2;1-2H3. The molecule has 94 valence electrons. The molecule has 0 saturated heterocycles. The second-order valence-corrected chi connectivity index (χ2v) is 4.47. The predicted octanol–water partition coefficient (Wildman–Crippen LogP) is 4.41. The van der Waals surface area contributed by atoms with Crippen LogP contribution in [0.1, 0.15) is 54.7 Å². The molecule has 0 radical (unpaired) electrons. The van der Waals surface area contributed by atoms with E-state index in [1.54, 1.807) is 6.07 Å². The van der Waals surface area contributed by atoms with Crippen molar-refractivity contribution in [3.8, 4) is 0 Å². The minimum atomic E-state index is -0.528. The zero-order valence-electron chi connectivity index (χ0n) is 10.2. The van der Waals surface area contributed by atoms with E-state index in [4.69, 9.17) is 23.2 Å². The van der Waals surface area contributed by atoms with Gasteiger partial charge in [-0.3, -0.25) is 4.79 Å². The second kappa shape index (κ2) is 6.97. The molecule has 0 atom stereocenters. The molecule has 1 aromatic heterocycles. The first-order chi connectivity index (χ1) is 8.18. The second-order valence-electron chi connectivity index (χ2n) is 3.77. The minimum absolute atomic E-state index is 0.232. The maximum absolute atomic E-state index is 11.1. The van der Waals surface area contributed by atoms with Gasteiger partial charge in [-0.1, -0.05) is 31.9 Å². The lowest BCUT2D eigenvalue weighted by Crippen LogP contribution is -2.01. The lowest BCUT2D eigenvalue weighted by molar-refractivity contribution is 0.108. The highest BCUT2D eigenvalue weighted by Crippen LogP contribution is 2.24. The third-order valence-electron chi connectivity index (χ3n) is 2.72. The van der Waals surface area contributed by atoms with E-state index in [1.165, 1.54) is 6.42 Å². The van der Waals surface area contributed by atoms with Crippen LogP contribution in [0.15, 0.2) is 6.07 Å². The summed E-state index contributed by atoms with van der Waals surface area (Å²) in [7, 11) is 0. The van der Waals surface area contributed by atoms with E-state index in [-0.39, 0.29) is 5.15 Å². The number of aromatic nitrogens is 1. The van der Waals surface area contributed by atoms with Gasteiger partial charge in [-0.15, -0.1) is 0 Å². The molecule has 0 amide bonds. The Morgan fingerprint density at radius 3 is 2.53 bits per heavy atom. The van der Waals surface area contributed by atoms with Gasteiger partial charge in [0, 0.05) is 5.69 Å². The van der Waals surface area contributed by atoms with Crippen molar-refractivity contribution in [2.24, 2.45) is 0 Å². The van der Waals surface area contributed by atoms with Gasteiger partial charge in [0.25, 0.3) is 5.24 Å². The molecule has 1 aromatic rings. The molecule has 0 N–H and O–H groups in total. The molecule has 1 heterocycles. The van der Waals surface area contributed by atoms with E-state index in [2.05, 4.69) is 4.98 Å². The zero-order valence-corrected chi connectivity index (χ0v) is 11.7. The molecule has 1 aliphatic rings. The minimum Gasteiger partial charge on any atom is -0.275 e. The molecule has 0 fully saturated rings. The highest BCUT2D eigenvalue weighted by Gasteiger charge is 2.16. The van der Waals surface area contributed by atoms with E-state index in [0.29, 0.717) is 5.56 Å². The van der Waals surface area contributed by atoms with Crippen LogP contribution in [0.2, 0.25) is 5.15 Å². The summed E-state index contributed by atoms with van der Waals surface area (Å²) < 4.78 is 0. The Morgan fingerprint density at radius 1 is 1.24 bits per heavy atom. The topological polar surface area (TPSA) is 30.0 Å². The molecule has 0 unspecified atom stereocenters. The van der Waals surface area contributed by atoms with Crippen molar-refractivity contribution in [3.63, 3.8) is 0 Å². The molecule has 0 aliphatic heterocycles. The van der Waals surface area contributed by atoms with Gasteiger partial charge in [0.2, 0.25) is 0 Å².